The highest BCUT2D eigenvalue weighted by Gasteiger charge is 2.20. The Bertz CT molecular complexity index is 283. The summed E-state index contributed by atoms with van der Waals surface area (Å²) in [5.41, 5.74) is 0. The lowest BCUT2D eigenvalue weighted by atomic mass is 10.6. The van der Waals surface area contributed by atoms with Gasteiger partial charge in [-0.25, -0.2) is 8.51 Å². The minimum atomic E-state index is -1.23. The molecule has 1 aromatic rings. The monoisotopic (exact) mass is 219 g/mol. The van der Waals surface area contributed by atoms with Crippen LogP contribution in [0.5, 0.6) is 0 Å². The molecule has 1 saturated heterocycles. The number of nitrogens with one attached hydrogen (secondary N) is 1. The van der Waals surface area contributed by atoms with Crippen molar-refractivity contribution in [3.05, 3.63) is 0 Å². The van der Waals surface area contributed by atoms with Gasteiger partial charge in [-0.1, -0.05) is 5.10 Å². The SMILES string of the molecule is O=S(c1nn[nH]n1)N1CCSCC1. The molecule has 0 amide bonds. The molecule has 2 heterocycles. The molecule has 6 nitrogen and oxygen atoms in total. The highest BCUT2D eigenvalue weighted by molar-refractivity contribution is 7.99. The predicted octanol–water partition coefficient (Wildman–Crippen LogP) is -0.729. The van der Waals surface area contributed by atoms with Crippen LogP contribution >= 0.6 is 11.8 Å². The molecule has 1 unspecified atom stereocenters. The van der Waals surface area contributed by atoms with Gasteiger partial charge in [0, 0.05) is 24.6 Å². The summed E-state index contributed by atoms with van der Waals surface area (Å²) in [5.74, 6) is 2.03. The number of hydrogen-bond acceptors (Lipinski definition) is 5. The van der Waals surface area contributed by atoms with Crippen molar-refractivity contribution >= 4 is 22.7 Å². The molecule has 0 saturated carbocycles. The molecule has 0 spiro atoms. The summed E-state index contributed by atoms with van der Waals surface area (Å²) in [6.45, 7) is 1.65. The summed E-state index contributed by atoms with van der Waals surface area (Å²) in [7, 11) is -1.23. The van der Waals surface area contributed by atoms with Gasteiger partial charge in [0.2, 0.25) is 0 Å². The number of hydrogen-bond donors (Lipinski definition) is 1. The van der Waals surface area contributed by atoms with E-state index in [1.807, 2.05) is 16.1 Å². The molecule has 72 valence electrons. The zero-order valence-corrected chi connectivity index (χ0v) is 8.48. The van der Waals surface area contributed by atoms with Gasteiger partial charge in [0.15, 0.2) is 11.0 Å². The molecule has 2 rings (SSSR count). The van der Waals surface area contributed by atoms with Crippen LogP contribution in [0.15, 0.2) is 5.16 Å². The van der Waals surface area contributed by atoms with Crippen LogP contribution in [0.3, 0.4) is 0 Å². The van der Waals surface area contributed by atoms with E-state index in [4.69, 9.17) is 0 Å². The van der Waals surface area contributed by atoms with Crippen LogP contribution in [-0.2, 0) is 11.0 Å². The first-order chi connectivity index (χ1) is 6.38. The summed E-state index contributed by atoms with van der Waals surface area (Å²) in [6, 6.07) is 0. The third-order valence-electron chi connectivity index (χ3n) is 1.69. The quantitative estimate of drug-likeness (QED) is 0.710. The van der Waals surface area contributed by atoms with E-state index < -0.39 is 11.0 Å². The molecule has 1 fully saturated rings. The van der Waals surface area contributed by atoms with Gasteiger partial charge in [-0.2, -0.15) is 17.0 Å². The third kappa shape index (κ3) is 2.06. The Morgan fingerprint density at radius 3 is 2.85 bits per heavy atom. The van der Waals surface area contributed by atoms with Gasteiger partial charge in [-0.3, -0.25) is 0 Å². The molecule has 1 N–H and O–H groups in total. The van der Waals surface area contributed by atoms with E-state index in [9.17, 15) is 4.21 Å². The van der Waals surface area contributed by atoms with Gasteiger partial charge < -0.3 is 0 Å². The second-order valence-corrected chi connectivity index (χ2v) is 5.09. The third-order valence-corrected chi connectivity index (χ3v) is 3.95. The predicted molar refractivity (Wildman–Crippen MR) is 49.5 cm³/mol. The van der Waals surface area contributed by atoms with Gasteiger partial charge in [-0.15, -0.1) is 5.10 Å². The van der Waals surface area contributed by atoms with Gasteiger partial charge in [0.05, 0.1) is 0 Å². The minimum absolute atomic E-state index is 0.270. The fraction of sp³-hybridized carbons (Fsp3) is 0.800. The molecule has 1 aliphatic heterocycles. The number of H-pyrrole nitrogens is 1. The Morgan fingerprint density at radius 2 is 2.23 bits per heavy atom. The average molecular weight is 219 g/mol. The normalized spacial score (nSPS) is 21.5. The minimum Gasteiger partial charge on any atom is -0.234 e. The average Bonchev–Trinajstić information content (AvgIpc) is 2.71. The van der Waals surface area contributed by atoms with Crippen LogP contribution in [-0.4, -0.2) is 53.7 Å². The molecule has 1 atom stereocenters. The Balaban J connectivity index is 2.04. The Labute approximate surface area is 82.1 Å². The first kappa shape index (κ1) is 9.10. The number of tetrazole rings is 1. The lowest BCUT2D eigenvalue weighted by Crippen LogP contribution is -2.34. The first-order valence-corrected chi connectivity index (χ1v) is 6.12. The Kier molecular flexibility index (Phi) is 2.91. The van der Waals surface area contributed by atoms with Crippen molar-refractivity contribution in [1.82, 2.24) is 24.9 Å². The van der Waals surface area contributed by atoms with Crippen LogP contribution in [0.2, 0.25) is 0 Å². The van der Waals surface area contributed by atoms with E-state index in [-0.39, 0.29) is 5.16 Å². The highest BCUT2D eigenvalue weighted by Crippen LogP contribution is 2.13. The first-order valence-electron chi connectivity index (χ1n) is 3.86. The van der Waals surface area contributed by atoms with Crippen molar-refractivity contribution in [2.75, 3.05) is 24.6 Å². The summed E-state index contributed by atoms with van der Waals surface area (Å²) in [5, 5.41) is 13.3. The topological polar surface area (TPSA) is 74.8 Å². The molecule has 13 heavy (non-hydrogen) atoms. The fourth-order valence-corrected chi connectivity index (χ4v) is 3.16. The molecule has 0 radical (unpaired) electrons. The number of thioether (sulfide) groups is 1. The van der Waals surface area contributed by atoms with E-state index in [1.54, 1.807) is 0 Å². The van der Waals surface area contributed by atoms with Gasteiger partial charge in [0.25, 0.3) is 5.16 Å². The van der Waals surface area contributed by atoms with Crippen LogP contribution in [0.4, 0.5) is 0 Å². The molecule has 0 bridgehead atoms. The lowest BCUT2D eigenvalue weighted by Gasteiger charge is -2.22. The van der Waals surface area contributed by atoms with Crippen molar-refractivity contribution in [1.29, 1.82) is 0 Å². The molecular weight excluding hydrogens is 210 g/mol. The molecular formula is C5H9N5OS2. The molecule has 0 aromatic carbocycles. The smallest absolute Gasteiger partial charge is 0.234 e. The zero-order valence-electron chi connectivity index (χ0n) is 6.84. The van der Waals surface area contributed by atoms with Crippen LogP contribution < -0.4 is 0 Å². The van der Waals surface area contributed by atoms with Crippen molar-refractivity contribution in [3.63, 3.8) is 0 Å². The van der Waals surface area contributed by atoms with Crippen molar-refractivity contribution in [2.24, 2.45) is 0 Å². The lowest BCUT2D eigenvalue weighted by molar-refractivity contribution is 0.483. The molecule has 1 aliphatic rings. The number of aromatic amines is 1. The van der Waals surface area contributed by atoms with Crippen molar-refractivity contribution in [2.45, 2.75) is 5.16 Å². The number of aromatic nitrogens is 4. The van der Waals surface area contributed by atoms with E-state index in [1.165, 1.54) is 0 Å². The Morgan fingerprint density at radius 1 is 1.46 bits per heavy atom. The van der Waals surface area contributed by atoms with E-state index in [0.29, 0.717) is 0 Å². The summed E-state index contributed by atoms with van der Waals surface area (Å²) in [4.78, 5) is 0. The molecule has 0 aliphatic carbocycles. The Hall–Kier alpha value is -0.470. The van der Waals surface area contributed by atoms with E-state index in [0.717, 1.165) is 24.6 Å². The fourth-order valence-electron chi connectivity index (χ4n) is 1.05. The van der Waals surface area contributed by atoms with Gasteiger partial charge in [0.1, 0.15) is 0 Å². The van der Waals surface area contributed by atoms with E-state index >= 15 is 0 Å². The van der Waals surface area contributed by atoms with E-state index in [2.05, 4.69) is 20.6 Å². The maximum atomic E-state index is 11.7. The van der Waals surface area contributed by atoms with Crippen LogP contribution in [0, 0.1) is 0 Å². The highest BCUT2D eigenvalue weighted by atomic mass is 32.2. The molecule has 8 heteroatoms. The summed E-state index contributed by atoms with van der Waals surface area (Å²) >= 11 is 1.87. The molecule has 1 aromatic heterocycles. The van der Waals surface area contributed by atoms with Crippen molar-refractivity contribution in [3.8, 4) is 0 Å². The van der Waals surface area contributed by atoms with Gasteiger partial charge in [-0.05, 0) is 5.21 Å². The second kappa shape index (κ2) is 4.16. The number of rotatable bonds is 2. The number of nitrogens with zero attached hydrogens (tertiary/aromatic N) is 4. The summed E-state index contributed by atoms with van der Waals surface area (Å²) < 4.78 is 13.6. The maximum absolute atomic E-state index is 11.7. The van der Waals surface area contributed by atoms with Crippen LogP contribution in [0.25, 0.3) is 0 Å². The van der Waals surface area contributed by atoms with Gasteiger partial charge >= 0.3 is 0 Å². The zero-order chi connectivity index (χ0) is 9.10. The summed E-state index contributed by atoms with van der Waals surface area (Å²) in [6.07, 6.45) is 0. The standard InChI is InChI=1S/C5H9N5OS2/c11-13(5-6-8-9-7-5)10-1-3-12-4-2-10/h1-4H2,(H,6,7,8,9). The second-order valence-electron chi connectivity index (χ2n) is 2.48. The maximum Gasteiger partial charge on any atom is 0.276 e. The van der Waals surface area contributed by atoms with Crippen LogP contribution in [0.1, 0.15) is 0 Å². The largest absolute Gasteiger partial charge is 0.276 e. The van der Waals surface area contributed by atoms with Crippen molar-refractivity contribution < 1.29 is 4.21 Å².